The van der Waals surface area contributed by atoms with Crippen LogP contribution in [0.2, 0.25) is 0 Å². The summed E-state index contributed by atoms with van der Waals surface area (Å²) in [5.74, 6) is -0.196. The second-order valence-electron chi connectivity index (χ2n) is 3.65. The Morgan fingerprint density at radius 3 is 2.62 bits per heavy atom. The maximum Gasteiger partial charge on any atom is 0.262 e. The van der Waals surface area contributed by atoms with Gasteiger partial charge in [-0.25, -0.2) is 5.06 Å². The van der Waals surface area contributed by atoms with E-state index >= 15 is 0 Å². The van der Waals surface area contributed by atoms with Crippen molar-refractivity contribution < 1.29 is 9.63 Å². The van der Waals surface area contributed by atoms with Gasteiger partial charge < -0.3 is 5.73 Å². The van der Waals surface area contributed by atoms with Crippen LogP contribution in [0.1, 0.15) is 12.0 Å². The van der Waals surface area contributed by atoms with Crippen molar-refractivity contribution >= 4 is 5.91 Å². The lowest BCUT2D eigenvalue weighted by Gasteiger charge is -2.18. The molecule has 1 amide bonds. The molecule has 2 N–H and O–H groups in total. The smallest absolute Gasteiger partial charge is 0.262 e. The lowest BCUT2D eigenvalue weighted by atomic mass is 10.1. The maximum atomic E-state index is 11.6. The van der Waals surface area contributed by atoms with Crippen LogP contribution in [0.4, 0.5) is 0 Å². The van der Waals surface area contributed by atoms with Gasteiger partial charge in [-0.15, -0.1) is 0 Å². The van der Waals surface area contributed by atoms with Crippen molar-refractivity contribution in [3.63, 3.8) is 0 Å². The molecule has 1 atom stereocenters. The molecule has 0 unspecified atom stereocenters. The largest absolute Gasteiger partial charge is 0.320 e. The first-order valence-electron chi connectivity index (χ1n) is 5.26. The number of hydrogen-bond donors (Lipinski definition) is 1. The molecule has 0 radical (unpaired) electrons. The number of rotatable bonds is 5. The Morgan fingerprint density at radius 2 is 2.06 bits per heavy atom. The number of aryl methyl sites for hydroxylation is 1. The summed E-state index contributed by atoms with van der Waals surface area (Å²) in [6.45, 7) is 0. The highest BCUT2D eigenvalue weighted by atomic mass is 16.7. The van der Waals surface area contributed by atoms with E-state index in [0.717, 1.165) is 11.5 Å². The summed E-state index contributed by atoms with van der Waals surface area (Å²) in [5.41, 5.74) is 6.96. The summed E-state index contributed by atoms with van der Waals surface area (Å²) < 4.78 is 0. The van der Waals surface area contributed by atoms with E-state index in [0.29, 0.717) is 6.42 Å². The van der Waals surface area contributed by atoms with E-state index in [2.05, 4.69) is 0 Å². The summed E-state index contributed by atoms with van der Waals surface area (Å²) >= 11 is 0. The third kappa shape index (κ3) is 3.64. The predicted molar refractivity (Wildman–Crippen MR) is 62.5 cm³/mol. The first-order valence-corrected chi connectivity index (χ1v) is 5.26. The Balaban J connectivity index is 2.41. The fourth-order valence-electron chi connectivity index (χ4n) is 1.41. The van der Waals surface area contributed by atoms with E-state index < -0.39 is 6.04 Å². The number of benzene rings is 1. The average Bonchev–Trinajstić information content (AvgIpc) is 2.35. The molecule has 0 spiro atoms. The van der Waals surface area contributed by atoms with Gasteiger partial charge in [-0.2, -0.15) is 0 Å². The van der Waals surface area contributed by atoms with Gasteiger partial charge in [-0.1, -0.05) is 30.3 Å². The molecule has 88 valence electrons. The van der Waals surface area contributed by atoms with Crippen LogP contribution in [0.3, 0.4) is 0 Å². The first kappa shape index (κ1) is 12.7. The van der Waals surface area contributed by atoms with Crippen molar-refractivity contribution in [3.05, 3.63) is 35.9 Å². The molecule has 1 aromatic carbocycles. The molecule has 0 bridgehead atoms. The van der Waals surface area contributed by atoms with E-state index in [1.165, 1.54) is 12.7 Å². The van der Waals surface area contributed by atoms with Gasteiger partial charge in [0.25, 0.3) is 5.91 Å². The number of nitrogens with zero attached hydrogens (tertiary/aromatic N) is 1. The van der Waals surface area contributed by atoms with E-state index in [9.17, 15) is 4.79 Å². The molecule has 0 aliphatic heterocycles. The quantitative estimate of drug-likeness (QED) is 0.755. The van der Waals surface area contributed by atoms with E-state index in [-0.39, 0.29) is 5.91 Å². The minimum absolute atomic E-state index is 0.196. The number of hydrogen-bond acceptors (Lipinski definition) is 3. The van der Waals surface area contributed by atoms with Gasteiger partial charge in [0.2, 0.25) is 0 Å². The standard InChI is InChI=1S/C12H18N2O2/c1-14(16-2)12(15)11(13)9-8-10-6-4-3-5-7-10/h3-7,11H,8-9,13H2,1-2H3/t11-/m0/s1. The predicted octanol–water partition coefficient (Wildman–Crippen LogP) is 0.966. The molecule has 0 aromatic heterocycles. The van der Waals surface area contributed by atoms with Crippen molar-refractivity contribution in [1.29, 1.82) is 0 Å². The molecule has 0 saturated carbocycles. The number of carbonyl (C=O) groups is 1. The molecule has 4 nitrogen and oxygen atoms in total. The van der Waals surface area contributed by atoms with Crippen LogP contribution in [0.25, 0.3) is 0 Å². The summed E-state index contributed by atoms with van der Waals surface area (Å²) in [7, 11) is 3.01. The Bertz CT molecular complexity index is 327. The molecule has 0 aliphatic carbocycles. The van der Waals surface area contributed by atoms with E-state index in [1.807, 2.05) is 30.3 Å². The van der Waals surface area contributed by atoms with Crippen molar-refractivity contribution in [2.24, 2.45) is 5.73 Å². The van der Waals surface area contributed by atoms with Gasteiger partial charge in [-0.05, 0) is 18.4 Å². The van der Waals surface area contributed by atoms with Gasteiger partial charge in [0.05, 0.1) is 13.2 Å². The fourth-order valence-corrected chi connectivity index (χ4v) is 1.41. The van der Waals surface area contributed by atoms with Crippen molar-refractivity contribution in [1.82, 2.24) is 5.06 Å². The maximum absolute atomic E-state index is 11.6. The SMILES string of the molecule is CON(C)C(=O)[C@@H](N)CCc1ccccc1. The Labute approximate surface area is 95.9 Å². The van der Waals surface area contributed by atoms with Crippen LogP contribution in [0.15, 0.2) is 30.3 Å². The lowest BCUT2D eigenvalue weighted by molar-refractivity contribution is -0.170. The van der Waals surface area contributed by atoms with E-state index in [4.69, 9.17) is 10.6 Å². The normalized spacial score (nSPS) is 12.2. The molecule has 16 heavy (non-hydrogen) atoms. The molecule has 0 saturated heterocycles. The third-order valence-electron chi connectivity index (χ3n) is 2.49. The second-order valence-corrected chi connectivity index (χ2v) is 3.65. The van der Waals surface area contributed by atoms with Crippen LogP contribution < -0.4 is 5.73 Å². The second kappa shape index (κ2) is 6.25. The van der Waals surface area contributed by atoms with Gasteiger partial charge in [-0.3, -0.25) is 9.63 Å². The summed E-state index contributed by atoms with van der Waals surface area (Å²) in [6, 6.07) is 9.46. The minimum Gasteiger partial charge on any atom is -0.320 e. The van der Waals surface area contributed by atoms with Crippen molar-refractivity contribution in [3.8, 4) is 0 Å². The zero-order chi connectivity index (χ0) is 12.0. The summed E-state index contributed by atoms with van der Waals surface area (Å²) in [5, 5.41) is 1.16. The van der Waals surface area contributed by atoms with Gasteiger partial charge in [0.1, 0.15) is 0 Å². The number of carbonyl (C=O) groups excluding carboxylic acids is 1. The topological polar surface area (TPSA) is 55.6 Å². The highest BCUT2D eigenvalue weighted by Crippen LogP contribution is 2.05. The minimum atomic E-state index is -0.509. The molecular weight excluding hydrogens is 204 g/mol. The lowest BCUT2D eigenvalue weighted by Crippen LogP contribution is -2.41. The monoisotopic (exact) mass is 222 g/mol. The molecular formula is C12H18N2O2. The van der Waals surface area contributed by atoms with Crippen molar-refractivity contribution in [2.75, 3.05) is 14.2 Å². The number of hydroxylamine groups is 2. The third-order valence-corrected chi connectivity index (χ3v) is 2.49. The zero-order valence-corrected chi connectivity index (χ0v) is 9.72. The zero-order valence-electron chi connectivity index (χ0n) is 9.72. The summed E-state index contributed by atoms with van der Waals surface area (Å²) in [6.07, 6.45) is 1.42. The highest BCUT2D eigenvalue weighted by Gasteiger charge is 2.17. The van der Waals surface area contributed by atoms with Gasteiger partial charge >= 0.3 is 0 Å². The van der Waals surface area contributed by atoms with Gasteiger partial charge in [0, 0.05) is 7.05 Å². The molecule has 4 heteroatoms. The highest BCUT2D eigenvalue weighted by molar-refractivity contribution is 5.80. The van der Waals surface area contributed by atoms with E-state index in [1.54, 1.807) is 7.05 Å². The van der Waals surface area contributed by atoms with Crippen LogP contribution in [-0.2, 0) is 16.1 Å². The summed E-state index contributed by atoms with van der Waals surface area (Å²) in [4.78, 5) is 16.4. The Kier molecular flexibility index (Phi) is 4.95. The molecule has 1 rings (SSSR count). The fraction of sp³-hybridized carbons (Fsp3) is 0.417. The number of amides is 1. The van der Waals surface area contributed by atoms with Crippen molar-refractivity contribution in [2.45, 2.75) is 18.9 Å². The Hall–Kier alpha value is -1.39. The van der Waals surface area contributed by atoms with Crippen LogP contribution >= 0.6 is 0 Å². The molecule has 0 fully saturated rings. The Morgan fingerprint density at radius 1 is 1.44 bits per heavy atom. The average molecular weight is 222 g/mol. The van der Waals surface area contributed by atoms with Gasteiger partial charge in [0.15, 0.2) is 0 Å². The number of likely N-dealkylation sites (N-methyl/N-ethyl adjacent to an activating group) is 1. The van der Waals surface area contributed by atoms with Crippen LogP contribution in [-0.4, -0.2) is 31.2 Å². The molecule has 0 aliphatic rings. The number of nitrogens with two attached hydrogens (primary N) is 1. The molecule has 0 heterocycles. The first-order chi connectivity index (χ1) is 7.65. The van der Waals surface area contributed by atoms with Crippen LogP contribution in [0.5, 0.6) is 0 Å². The molecule has 1 aromatic rings. The van der Waals surface area contributed by atoms with Crippen LogP contribution in [0, 0.1) is 0 Å².